The molecule has 1 fully saturated rings. The maximum Gasteiger partial charge on any atom is 0.272 e. The first-order valence-corrected chi connectivity index (χ1v) is 7.77. The molecule has 2 N–H and O–H groups in total. The third-order valence-corrected chi connectivity index (χ3v) is 5.08. The summed E-state index contributed by atoms with van der Waals surface area (Å²) in [5.41, 5.74) is 1.27. The molecule has 1 saturated heterocycles. The number of halogens is 1. The van der Waals surface area contributed by atoms with Gasteiger partial charge in [-0.05, 0) is 51.0 Å². The first-order valence-electron chi connectivity index (χ1n) is 7.77. The molecule has 0 spiro atoms. The summed E-state index contributed by atoms with van der Waals surface area (Å²) in [6, 6.07) is 2.76. The van der Waals surface area contributed by atoms with Crippen LogP contribution in [-0.4, -0.2) is 41.8 Å². The summed E-state index contributed by atoms with van der Waals surface area (Å²) in [5, 5.41) is 11.4. The van der Waals surface area contributed by atoms with Crippen molar-refractivity contribution in [2.24, 2.45) is 5.92 Å². The van der Waals surface area contributed by atoms with Crippen molar-refractivity contribution < 1.29 is 4.39 Å². The van der Waals surface area contributed by atoms with Gasteiger partial charge >= 0.3 is 0 Å². The van der Waals surface area contributed by atoms with Gasteiger partial charge in [0, 0.05) is 23.5 Å². The van der Waals surface area contributed by atoms with E-state index >= 15 is 0 Å². The lowest BCUT2D eigenvalue weighted by Crippen LogP contribution is -2.36. The summed E-state index contributed by atoms with van der Waals surface area (Å²) in [4.78, 5) is 14.3. The monoisotopic (exact) mass is 302 g/mol. The molecule has 0 radical (unpaired) electrons. The first-order chi connectivity index (χ1) is 10.6. The van der Waals surface area contributed by atoms with Crippen LogP contribution in [0.3, 0.4) is 0 Å². The molecule has 2 aliphatic heterocycles. The summed E-state index contributed by atoms with van der Waals surface area (Å²) in [6.45, 7) is 2.92. The van der Waals surface area contributed by atoms with Crippen LogP contribution in [0.4, 0.5) is 10.1 Å². The molecule has 0 aliphatic carbocycles. The lowest BCUT2D eigenvalue weighted by atomic mass is 9.79. The minimum absolute atomic E-state index is 0.269. The van der Waals surface area contributed by atoms with Gasteiger partial charge in [-0.25, -0.2) is 9.49 Å². The van der Waals surface area contributed by atoms with Gasteiger partial charge in [-0.2, -0.15) is 5.10 Å². The molecule has 116 valence electrons. The number of aromatic nitrogens is 2. The van der Waals surface area contributed by atoms with Gasteiger partial charge in [-0.15, -0.1) is 0 Å². The average Bonchev–Trinajstić information content (AvgIpc) is 2.51. The van der Waals surface area contributed by atoms with E-state index < -0.39 is 5.82 Å². The Labute approximate surface area is 127 Å². The van der Waals surface area contributed by atoms with Crippen LogP contribution < -0.4 is 10.9 Å². The van der Waals surface area contributed by atoms with Crippen molar-refractivity contribution in [3.8, 4) is 0 Å². The molecule has 1 atom stereocenters. The van der Waals surface area contributed by atoms with Crippen LogP contribution in [0.1, 0.15) is 24.5 Å². The Morgan fingerprint density at radius 1 is 1.32 bits per heavy atom. The molecule has 6 heteroatoms. The molecule has 2 aromatic rings. The Kier molecular flexibility index (Phi) is 3.14. The number of hydrogen-bond acceptors (Lipinski definition) is 4. The highest BCUT2D eigenvalue weighted by Crippen LogP contribution is 2.40. The predicted octanol–water partition coefficient (Wildman–Crippen LogP) is 1.91. The van der Waals surface area contributed by atoms with Crippen LogP contribution in [0.15, 0.2) is 16.9 Å². The van der Waals surface area contributed by atoms with E-state index in [2.05, 4.69) is 27.5 Å². The maximum absolute atomic E-state index is 13.7. The fourth-order valence-corrected chi connectivity index (χ4v) is 3.83. The van der Waals surface area contributed by atoms with E-state index in [0.717, 1.165) is 43.6 Å². The highest BCUT2D eigenvalue weighted by atomic mass is 19.1. The lowest BCUT2D eigenvalue weighted by Gasteiger charge is -2.36. The van der Waals surface area contributed by atoms with Crippen molar-refractivity contribution in [1.82, 2.24) is 15.1 Å². The van der Waals surface area contributed by atoms with E-state index in [0.29, 0.717) is 17.0 Å². The third kappa shape index (κ3) is 2.09. The van der Waals surface area contributed by atoms with E-state index in [-0.39, 0.29) is 11.5 Å². The number of hydrogen-bond donors (Lipinski definition) is 2. The normalized spacial score (nSPS) is 22.7. The zero-order chi connectivity index (χ0) is 15.3. The molecule has 0 saturated carbocycles. The molecule has 1 aromatic carbocycles. The molecule has 3 heterocycles. The van der Waals surface area contributed by atoms with Gasteiger partial charge in [-0.1, -0.05) is 0 Å². The van der Waals surface area contributed by atoms with Gasteiger partial charge in [0.25, 0.3) is 5.56 Å². The second kappa shape index (κ2) is 5.05. The van der Waals surface area contributed by atoms with Crippen molar-refractivity contribution in [3.63, 3.8) is 0 Å². The molecule has 2 aliphatic rings. The molecule has 1 unspecified atom stereocenters. The highest BCUT2D eigenvalue weighted by Gasteiger charge is 2.32. The van der Waals surface area contributed by atoms with Crippen molar-refractivity contribution in [2.75, 3.05) is 32.0 Å². The lowest BCUT2D eigenvalue weighted by molar-refractivity contribution is 0.199. The molecular formula is C16H19FN4O. The number of nitrogens with one attached hydrogen (secondary N) is 2. The van der Waals surface area contributed by atoms with Crippen LogP contribution in [0.25, 0.3) is 10.8 Å². The Bertz CT molecular complexity index is 780. The topological polar surface area (TPSA) is 61.0 Å². The minimum Gasteiger partial charge on any atom is -0.384 e. The zero-order valence-electron chi connectivity index (χ0n) is 12.5. The number of benzene rings is 1. The molecule has 4 rings (SSSR count). The van der Waals surface area contributed by atoms with Crippen LogP contribution in [0.2, 0.25) is 0 Å². The molecule has 0 amide bonds. The van der Waals surface area contributed by atoms with Crippen molar-refractivity contribution in [1.29, 1.82) is 0 Å². The Morgan fingerprint density at radius 3 is 2.86 bits per heavy atom. The van der Waals surface area contributed by atoms with Gasteiger partial charge in [-0.3, -0.25) is 4.79 Å². The largest absolute Gasteiger partial charge is 0.384 e. The van der Waals surface area contributed by atoms with E-state index in [9.17, 15) is 9.18 Å². The predicted molar refractivity (Wildman–Crippen MR) is 83.8 cm³/mol. The molecule has 22 heavy (non-hydrogen) atoms. The summed E-state index contributed by atoms with van der Waals surface area (Å²) < 4.78 is 13.7. The van der Waals surface area contributed by atoms with Gasteiger partial charge < -0.3 is 10.2 Å². The fourth-order valence-electron chi connectivity index (χ4n) is 3.83. The zero-order valence-corrected chi connectivity index (χ0v) is 12.5. The number of H-pyrrole nitrogens is 1. The van der Waals surface area contributed by atoms with Gasteiger partial charge in [0.15, 0.2) is 0 Å². The number of likely N-dealkylation sites (tertiary alicyclic amines) is 1. The van der Waals surface area contributed by atoms with Crippen molar-refractivity contribution >= 4 is 16.5 Å². The smallest absolute Gasteiger partial charge is 0.272 e. The Balaban J connectivity index is 1.83. The second-order valence-electron chi connectivity index (χ2n) is 6.44. The highest BCUT2D eigenvalue weighted by molar-refractivity contribution is 5.96. The molecule has 0 bridgehead atoms. The number of rotatable bonds is 1. The van der Waals surface area contributed by atoms with Gasteiger partial charge in [0.1, 0.15) is 5.82 Å². The van der Waals surface area contributed by atoms with E-state index in [1.54, 1.807) is 0 Å². The summed E-state index contributed by atoms with van der Waals surface area (Å²) in [6.07, 6.45) is 2.25. The number of aromatic amines is 1. The molecule has 5 nitrogen and oxygen atoms in total. The van der Waals surface area contributed by atoms with Crippen LogP contribution in [0.5, 0.6) is 0 Å². The van der Waals surface area contributed by atoms with Gasteiger partial charge in [0.2, 0.25) is 0 Å². The summed E-state index contributed by atoms with van der Waals surface area (Å²) in [7, 11) is 2.14. The summed E-state index contributed by atoms with van der Waals surface area (Å²) in [5.74, 6) is 0.421. The van der Waals surface area contributed by atoms with E-state index in [1.807, 2.05) is 0 Å². The van der Waals surface area contributed by atoms with Crippen molar-refractivity contribution in [2.45, 2.75) is 18.8 Å². The molecule has 1 aromatic heterocycles. The van der Waals surface area contributed by atoms with Crippen LogP contribution in [0, 0.1) is 11.7 Å². The Hall–Kier alpha value is -1.95. The third-order valence-electron chi connectivity index (χ3n) is 5.08. The average molecular weight is 302 g/mol. The summed E-state index contributed by atoms with van der Waals surface area (Å²) >= 11 is 0. The number of nitrogens with zero attached hydrogens (tertiary/aromatic N) is 2. The fraction of sp³-hybridized carbons (Fsp3) is 0.500. The van der Waals surface area contributed by atoms with E-state index in [4.69, 9.17) is 0 Å². The number of piperidine rings is 1. The molecular weight excluding hydrogens is 283 g/mol. The standard InChI is InChI=1S/C16H19FN4O/c1-21-4-2-9(3-5-21)12-8-18-13-7-10(17)6-11-14(13)15(12)19-20-16(11)22/h6-7,9,12,18H,2-5,8H2,1H3,(H,20,22). The number of anilines is 1. The second-order valence-corrected chi connectivity index (χ2v) is 6.44. The van der Waals surface area contributed by atoms with Crippen LogP contribution >= 0.6 is 0 Å². The maximum atomic E-state index is 13.7. The van der Waals surface area contributed by atoms with Gasteiger partial charge in [0.05, 0.1) is 11.1 Å². The minimum atomic E-state index is -0.393. The Morgan fingerprint density at radius 2 is 2.09 bits per heavy atom. The van der Waals surface area contributed by atoms with Crippen LogP contribution in [-0.2, 0) is 0 Å². The quantitative estimate of drug-likeness (QED) is 0.845. The SMILES string of the molecule is CN1CCC(C2CNc3cc(F)cc4c(=O)[nH]nc2c34)CC1. The first kappa shape index (κ1) is 13.7. The van der Waals surface area contributed by atoms with E-state index in [1.165, 1.54) is 12.1 Å². The van der Waals surface area contributed by atoms with Crippen molar-refractivity contribution in [3.05, 3.63) is 34.0 Å².